The fourth-order valence-corrected chi connectivity index (χ4v) is 2.33. The summed E-state index contributed by atoms with van der Waals surface area (Å²) in [5.74, 6) is 0.792. The van der Waals surface area contributed by atoms with E-state index in [4.69, 9.17) is 23.2 Å². The van der Waals surface area contributed by atoms with E-state index in [1.165, 1.54) is 0 Å². The van der Waals surface area contributed by atoms with Gasteiger partial charge in [-0.3, -0.25) is 4.79 Å². The topological polar surface area (TPSA) is 29.1 Å². The standard InChI is InChI=1S/C11H19Cl2NO/c1-10(5-3-4-6-10)9(15)14-11(2,7-12)8-13/h3-8H2,1-2H3,(H,14,15). The second kappa shape index (κ2) is 4.92. The van der Waals surface area contributed by atoms with Crippen molar-refractivity contribution in [3.8, 4) is 0 Å². The van der Waals surface area contributed by atoms with Crippen molar-refractivity contribution in [2.45, 2.75) is 45.1 Å². The van der Waals surface area contributed by atoms with Crippen LogP contribution in [-0.4, -0.2) is 23.2 Å². The number of amides is 1. The summed E-state index contributed by atoms with van der Waals surface area (Å²) in [6.45, 7) is 3.90. The number of hydrogen-bond donors (Lipinski definition) is 1. The SMILES string of the molecule is CC(CCl)(CCl)NC(=O)C1(C)CCCC1. The van der Waals surface area contributed by atoms with Crippen LogP contribution >= 0.6 is 23.2 Å². The second-order valence-corrected chi connectivity index (χ2v) is 5.58. The number of halogens is 2. The van der Waals surface area contributed by atoms with Gasteiger partial charge in [-0.25, -0.2) is 0 Å². The fraction of sp³-hybridized carbons (Fsp3) is 0.909. The molecule has 0 aromatic carbocycles. The zero-order valence-electron chi connectivity index (χ0n) is 9.41. The number of carbonyl (C=O) groups is 1. The van der Waals surface area contributed by atoms with E-state index in [1.54, 1.807) is 0 Å². The first-order chi connectivity index (χ1) is 6.96. The minimum Gasteiger partial charge on any atom is -0.348 e. The molecular formula is C11H19Cl2NO. The maximum Gasteiger partial charge on any atom is 0.226 e. The van der Waals surface area contributed by atoms with Gasteiger partial charge in [-0.15, -0.1) is 23.2 Å². The van der Waals surface area contributed by atoms with Crippen molar-refractivity contribution < 1.29 is 4.79 Å². The van der Waals surface area contributed by atoms with Gasteiger partial charge in [-0.05, 0) is 19.8 Å². The maximum absolute atomic E-state index is 12.1. The van der Waals surface area contributed by atoms with Gasteiger partial charge >= 0.3 is 0 Å². The Morgan fingerprint density at radius 3 is 2.20 bits per heavy atom. The van der Waals surface area contributed by atoms with Crippen molar-refractivity contribution in [3.63, 3.8) is 0 Å². The van der Waals surface area contributed by atoms with E-state index in [0.29, 0.717) is 11.8 Å². The van der Waals surface area contributed by atoms with Crippen LogP contribution in [0.25, 0.3) is 0 Å². The molecule has 0 aromatic heterocycles. The highest BCUT2D eigenvalue weighted by molar-refractivity contribution is 6.22. The molecule has 15 heavy (non-hydrogen) atoms. The highest BCUT2D eigenvalue weighted by atomic mass is 35.5. The fourth-order valence-electron chi connectivity index (χ4n) is 1.91. The molecule has 4 heteroatoms. The molecule has 0 spiro atoms. The summed E-state index contributed by atoms with van der Waals surface area (Å²) in [4.78, 5) is 12.1. The summed E-state index contributed by atoms with van der Waals surface area (Å²) in [5.41, 5.74) is -0.689. The van der Waals surface area contributed by atoms with Crippen molar-refractivity contribution >= 4 is 29.1 Å². The number of hydrogen-bond acceptors (Lipinski definition) is 1. The molecule has 1 aliphatic rings. The van der Waals surface area contributed by atoms with Crippen LogP contribution < -0.4 is 5.32 Å². The molecule has 0 aromatic rings. The van der Waals surface area contributed by atoms with Gasteiger partial charge in [0, 0.05) is 17.2 Å². The predicted octanol–water partition coefficient (Wildman–Crippen LogP) is 2.92. The minimum atomic E-state index is -0.480. The lowest BCUT2D eigenvalue weighted by atomic mass is 9.87. The van der Waals surface area contributed by atoms with Gasteiger partial charge in [0.05, 0.1) is 5.54 Å². The summed E-state index contributed by atoms with van der Waals surface area (Å²) in [7, 11) is 0. The average Bonchev–Trinajstić information content (AvgIpc) is 2.66. The summed E-state index contributed by atoms with van der Waals surface area (Å²) in [6.07, 6.45) is 4.23. The van der Waals surface area contributed by atoms with Crippen LogP contribution in [0, 0.1) is 5.41 Å². The van der Waals surface area contributed by atoms with Gasteiger partial charge in [-0.1, -0.05) is 19.8 Å². The van der Waals surface area contributed by atoms with Crippen LogP contribution in [0.2, 0.25) is 0 Å². The molecule has 1 aliphatic carbocycles. The van der Waals surface area contributed by atoms with Crippen LogP contribution in [0.4, 0.5) is 0 Å². The van der Waals surface area contributed by atoms with Crippen molar-refractivity contribution in [1.82, 2.24) is 5.32 Å². The third kappa shape index (κ3) is 3.01. The Hall–Kier alpha value is 0.0500. The first-order valence-corrected chi connectivity index (χ1v) is 6.47. The van der Waals surface area contributed by atoms with Gasteiger partial charge in [-0.2, -0.15) is 0 Å². The van der Waals surface area contributed by atoms with Crippen molar-refractivity contribution in [3.05, 3.63) is 0 Å². The molecular weight excluding hydrogens is 233 g/mol. The van der Waals surface area contributed by atoms with Crippen molar-refractivity contribution in [1.29, 1.82) is 0 Å². The Morgan fingerprint density at radius 1 is 1.33 bits per heavy atom. The highest BCUT2D eigenvalue weighted by Gasteiger charge is 2.39. The molecule has 0 radical (unpaired) electrons. The molecule has 0 unspecified atom stereocenters. The van der Waals surface area contributed by atoms with Crippen LogP contribution in [0.1, 0.15) is 39.5 Å². The molecule has 1 amide bonds. The largest absolute Gasteiger partial charge is 0.348 e. The van der Waals surface area contributed by atoms with Crippen molar-refractivity contribution in [2.24, 2.45) is 5.41 Å². The normalized spacial score (nSPS) is 20.3. The summed E-state index contributed by atoms with van der Waals surface area (Å²) in [6, 6.07) is 0. The van der Waals surface area contributed by atoms with Gasteiger partial charge < -0.3 is 5.32 Å². The van der Waals surface area contributed by atoms with Crippen LogP contribution in [0.3, 0.4) is 0 Å². The zero-order chi connectivity index (χ0) is 11.5. The monoisotopic (exact) mass is 251 g/mol. The van der Waals surface area contributed by atoms with E-state index in [1.807, 2.05) is 13.8 Å². The zero-order valence-corrected chi connectivity index (χ0v) is 10.9. The Balaban J connectivity index is 2.61. The lowest BCUT2D eigenvalue weighted by Gasteiger charge is -2.31. The van der Waals surface area contributed by atoms with E-state index in [9.17, 15) is 4.79 Å². The third-order valence-corrected chi connectivity index (χ3v) is 4.44. The molecule has 0 aliphatic heterocycles. The first kappa shape index (κ1) is 13.1. The molecule has 1 rings (SSSR count). The summed E-state index contributed by atoms with van der Waals surface area (Å²) < 4.78 is 0. The first-order valence-electron chi connectivity index (χ1n) is 5.40. The molecule has 0 atom stereocenters. The number of carbonyl (C=O) groups excluding carboxylic acids is 1. The van der Waals surface area contributed by atoms with Gasteiger partial charge in [0.1, 0.15) is 0 Å². The van der Waals surface area contributed by atoms with Crippen molar-refractivity contribution in [2.75, 3.05) is 11.8 Å². The summed E-state index contributed by atoms with van der Waals surface area (Å²) >= 11 is 11.6. The quantitative estimate of drug-likeness (QED) is 0.766. The van der Waals surface area contributed by atoms with Crippen LogP contribution in [0.15, 0.2) is 0 Å². The molecule has 2 nitrogen and oxygen atoms in total. The summed E-state index contributed by atoms with van der Waals surface area (Å²) in [5, 5.41) is 2.97. The Bertz CT molecular complexity index is 233. The predicted molar refractivity (Wildman–Crippen MR) is 64.6 cm³/mol. The van der Waals surface area contributed by atoms with Gasteiger partial charge in [0.25, 0.3) is 0 Å². The van der Waals surface area contributed by atoms with Gasteiger partial charge in [0.2, 0.25) is 5.91 Å². The van der Waals surface area contributed by atoms with E-state index < -0.39 is 5.54 Å². The average molecular weight is 252 g/mol. The van der Waals surface area contributed by atoms with E-state index >= 15 is 0 Å². The molecule has 0 saturated heterocycles. The van der Waals surface area contributed by atoms with E-state index in [-0.39, 0.29) is 11.3 Å². The molecule has 88 valence electrons. The molecule has 1 N–H and O–H groups in total. The smallest absolute Gasteiger partial charge is 0.226 e. The van der Waals surface area contributed by atoms with E-state index in [0.717, 1.165) is 25.7 Å². The lowest BCUT2D eigenvalue weighted by Crippen LogP contribution is -2.53. The third-order valence-electron chi connectivity index (χ3n) is 3.26. The number of rotatable bonds is 4. The Morgan fingerprint density at radius 2 is 1.80 bits per heavy atom. The lowest BCUT2D eigenvalue weighted by molar-refractivity contribution is -0.131. The molecule has 0 bridgehead atoms. The number of nitrogens with one attached hydrogen (secondary N) is 1. The van der Waals surface area contributed by atoms with Crippen LogP contribution in [0.5, 0.6) is 0 Å². The molecule has 1 fully saturated rings. The Labute approximate surface area is 102 Å². The highest BCUT2D eigenvalue weighted by Crippen LogP contribution is 2.38. The van der Waals surface area contributed by atoms with E-state index in [2.05, 4.69) is 5.32 Å². The molecule has 0 heterocycles. The number of alkyl halides is 2. The van der Waals surface area contributed by atoms with Gasteiger partial charge in [0.15, 0.2) is 0 Å². The Kier molecular flexibility index (Phi) is 4.30. The second-order valence-electron chi connectivity index (χ2n) is 5.05. The maximum atomic E-state index is 12.1. The minimum absolute atomic E-state index is 0.101. The molecule has 1 saturated carbocycles. The van der Waals surface area contributed by atoms with Crippen LogP contribution in [-0.2, 0) is 4.79 Å².